The lowest BCUT2D eigenvalue weighted by Gasteiger charge is -2.23. The van der Waals surface area contributed by atoms with E-state index < -0.39 is 11.8 Å². The molecular weight excluding hydrogens is 282 g/mol. The number of anilines is 1. The van der Waals surface area contributed by atoms with Crippen molar-refractivity contribution >= 4 is 17.5 Å². The molecule has 0 aromatic heterocycles. The lowest BCUT2D eigenvalue weighted by atomic mass is 10.1. The molecule has 2 amide bonds. The summed E-state index contributed by atoms with van der Waals surface area (Å²) in [6.07, 6.45) is 0. The van der Waals surface area contributed by atoms with Crippen LogP contribution in [0, 0.1) is 13.8 Å². The Hall–Kier alpha value is -1.92. The van der Waals surface area contributed by atoms with Crippen LogP contribution in [0.1, 0.15) is 11.1 Å². The highest BCUT2D eigenvalue weighted by Crippen LogP contribution is 2.15. The van der Waals surface area contributed by atoms with Crippen molar-refractivity contribution in [1.82, 2.24) is 5.32 Å². The Morgan fingerprint density at radius 1 is 1.18 bits per heavy atom. The lowest BCUT2D eigenvalue weighted by molar-refractivity contribution is -0.906. The van der Waals surface area contributed by atoms with Crippen molar-refractivity contribution in [3.05, 3.63) is 29.3 Å². The highest BCUT2D eigenvalue weighted by molar-refractivity contribution is 6.39. The van der Waals surface area contributed by atoms with Crippen molar-refractivity contribution in [2.75, 3.05) is 44.7 Å². The lowest BCUT2D eigenvalue weighted by Crippen LogP contribution is -3.14. The molecule has 3 N–H and O–H groups in total. The summed E-state index contributed by atoms with van der Waals surface area (Å²) in [7, 11) is 0. The van der Waals surface area contributed by atoms with Gasteiger partial charge in [-0.2, -0.15) is 0 Å². The number of aryl methyl sites for hydroxylation is 2. The third-order valence-electron chi connectivity index (χ3n) is 3.81. The van der Waals surface area contributed by atoms with Gasteiger partial charge in [-0.25, -0.2) is 0 Å². The van der Waals surface area contributed by atoms with Crippen LogP contribution < -0.4 is 15.5 Å². The molecule has 120 valence electrons. The van der Waals surface area contributed by atoms with Crippen molar-refractivity contribution in [2.45, 2.75) is 13.8 Å². The van der Waals surface area contributed by atoms with E-state index >= 15 is 0 Å². The zero-order valence-corrected chi connectivity index (χ0v) is 13.2. The fourth-order valence-corrected chi connectivity index (χ4v) is 2.39. The molecule has 0 atom stereocenters. The highest BCUT2D eigenvalue weighted by atomic mass is 16.5. The van der Waals surface area contributed by atoms with Crippen LogP contribution in [0.2, 0.25) is 0 Å². The summed E-state index contributed by atoms with van der Waals surface area (Å²) >= 11 is 0. The van der Waals surface area contributed by atoms with Crippen molar-refractivity contribution < 1.29 is 19.2 Å². The molecule has 1 saturated heterocycles. The Bertz CT molecular complexity index is 539. The average Bonchev–Trinajstić information content (AvgIpc) is 2.52. The van der Waals surface area contributed by atoms with E-state index in [4.69, 9.17) is 4.74 Å². The maximum Gasteiger partial charge on any atom is 0.313 e. The molecule has 0 saturated carbocycles. The molecular formula is C16H24N3O3+. The monoisotopic (exact) mass is 306 g/mol. The third-order valence-corrected chi connectivity index (χ3v) is 3.81. The number of rotatable bonds is 4. The predicted octanol–water partition coefficient (Wildman–Crippen LogP) is -0.727. The molecule has 0 unspecified atom stereocenters. The van der Waals surface area contributed by atoms with Crippen LogP contribution in [-0.2, 0) is 14.3 Å². The van der Waals surface area contributed by atoms with Crippen molar-refractivity contribution in [3.8, 4) is 0 Å². The van der Waals surface area contributed by atoms with Crippen LogP contribution >= 0.6 is 0 Å². The van der Waals surface area contributed by atoms with Crippen molar-refractivity contribution in [1.29, 1.82) is 0 Å². The molecule has 0 bridgehead atoms. The fraction of sp³-hybridized carbons (Fsp3) is 0.500. The summed E-state index contributed by atoms with van der Waals surface area (Å²) in [5.41, 5.74) is 2.65. The second-order valence-electron chi connectivity index (χ2n) is 5.64. The van der Waals surface area contributed by atoms with E-state index in [-0.39, 0.29) is 0 Å². The van der Waals surface area contributed by atoms with Crippen LogP contribution in [0.15, 0.2) is 18.2 Å². The number of benzene rings is 1. The molecule has 1 aromatic carbocycles. The first kappa shape index (κ1) is 16.5. The number of amides is 2. The largest absolute Gasteiger partial charge is 0.370 e. The molecule has 1 aromatic rings. The van der Waals surface area contributed by atoms with E-state index in [0.29, 0.717) is 12.2 Å². The molecule has 1 aliphatic heterocycles. The summed E-state index contributed by atoms with van der Waals surface area (Å²) in [4.78, 5) is 25.1. The van der Waals surface area contributed by atoms with E-state index in [9.17, 15) is 9.59 Å². The van der Waals surface area contributed by atoms with Crippen molar-refractivity contribution in [3.63, 3.8) is 0 Å². The highest BCUT2D eigenvalue weighted by Gasteiger charge is 2.17. The van der Waals surface area contributed by atoms with Gasteiger partial charge in [-0.3, -0.25) is 9.59 Å². The minimum atomic E-state index is -0.620. The van der Waals surface area contributed by atoms with Crippen LogP contribution in [0.4, 0.5) is 5.69 Å². The fourth-order valence-electron chi connectivity index (χ4n) is 2.39. The Morgan fingerprint density at radius 3 is 2.64 bits per heavy atom. The van der Waals surface area contributed by atoms with Crippen LogP contribution in [0.25, 0.3) is 0 Å². The summed E-state index contributed by atoms with van der Waals surface area (Å²) < 4.78 is 5.28. The van der Waals surface area contributed by atoms with Gasteiger partial charge < -0.3 is 20.3 Å². The van der Waals surface area contributed by atoms with E-state index in [0.717, 1.165) is 44.0 Å². The molecule has 1 aliphatic rings. The van der Waals surface area contributed by atoms with Gasteiger partial charge in [0.1, 0.15) is 13.1 Å². The molecule has 0 spiro atoms. The van der Waals surface area contributed by atoms with Gasteiger partial charge in [0.15, 0.2) is 0 Å². The maximum atomic E-state index is 11.9. The van der Waals surface area contributed by atoms with Gasteiger partial charge >= 0.3 is 11.8 Å². The zero-order chi connectivity index (χ0) is 15.9. The first-order valence-corrected chi connectivity index (χ1v) is 7.64. The molecule has 2 rings (SSSR count). The number of nitrogens with one attached hydrogen (secondary N) is 3. The molecule has 0 radical (unpaired) electrons. The van der Waals surface area contributed by atoms with Gasteiger partial charge in [0.2, 0.25) is 0 Å². The predicted molar refractivity (Wildman–Crippen MR) is 83.9 cm³/mol. The molecule has 6 heteroatoms. The average molecular weight is 306 g/mol. The first-order valence-electron chi connectivity index (χ1n) is 7.64. The number of hydrogen-bond acceptors (Lipinski definition) is 3. The summed E-state index contributed by atoms with van der Waals surface area (Å²) in [5.74, 6) is -1.21. The second-order valence-corrected chi connectivity index (χ2v) is 5.64. The minimum absolute atomic E-state index is 0.494. The third kappa shape index (κ3) is 4.82. The van der Waals surface area contributed by atoms with Crippen LogP contribution in [0.5, 0.6) is 0 Å². The Morgan fingerprint density at radius 2 is 1.91 bits per heavy atom. The normalized spacial score (nSPS) is 15.4. The van der Waals surface area contributed by atoms with E-state index in [1.54, 1.807) is 0 Å². The summed E-state index contributed by atoms with van der Waals surface area (Å²) in [5, 5.41) is 5.33. The van der Waals surface area contributed by atoms with Gasteiger partial charge in [0, 0.05) is 5.69 Å². The van der Waals surface area contributed by atoms with Gasteiger partial charge in [-0.1, -0.05) is 12.1 Å². The molecule has 0 aliphatic carbocycles. The van der Waals surface area contributed by atoms with Crippen LogP contribution in [-0.4, -0.2) is 51.2 Å². The van der Waals surface area contributed by atoms with Gasteiger partial charge in [0.05, 0.1) is 26.3 Å². The smallest absolute Gasteiger partial charge is 0.313 e. The number of carbonyl (C=O) groups is 2. The number of quaternary nitrogens is 1. The minimum Gasteiger partial charge on any atom is -0.370 e. The SMILES string of the molecule is Cc1ccc(C)c(NC(=O)C(=O)NCC[NH+]2CCOCC2)c1. The number of ether oxygens (including phenoxy) is 1. The van der Waals surface area contributed by atoms with Gasteiger partial charge in [0.25, 0.3) is 0 Å². The summed E-state index contributed by atoms with van der Waals surface area (Å²) in [6.45, 7) is 8.57. The molecule has 6 nitrogen and oxygen atoms in total. The maximum absolute atomic E-state index is 11.9. The molecule has 1 heterocycles. The van der Waals surface area contributed by atoms with Crippen LogP contribution in [0.3, 0.4) is 0 Å². The second kappa shape index (κ2) is 7.91. The first-order chi connectivity index (χ1) is 10.6. The number of morpholine rings is 1. The number of hydrogen-bond donors (Lipinski definition) is 3. The zero-order valence-electron chi connectivity index (χ0n) is 13.2. The standard InChI is InChI=1S/C16H23N3O3/c1-12-3-4-13(2)14(11-12)18-16(21)15(20)17-5-6-19-7-9-22-10-8-19/h3-4,11H,5-10H2,1-2H3,(H,17,20)(H,18,21)/p+1. The van der Waals surface area contributed by atoms with Gasteiger partial charge in [-0.05, 0) is 31.0 Å². The Labute approximate surface area is 130 Å². The van der Waals surface area contributed by atoms with E-state index in [1.807, 2.05) is 32.0 Å². The van der Waals surface area contributed by atoms with E-state index in [2.05, 4.69) is 10.6 Å². The topological polar surface area (TPSA) is 71.9 Å². The Kier molecular flexibility index (Phi) is 5.91. The summed E-state index contributed by atoms with van der Waals surface area (Å²) in [6, 6.07) is 5.75. The van der Waals surface area contributed by atoms with Gasteiger partial charge in [-0.15, -0.1) is 0 Å². The van der Waals surface area contributed by atoms with Crippen molar-refractivity contribution in [2.24, 2.45) is 0 Å². The molecule has 22 heavy (non-hydrogen) atoms. The quantitative estimate of drug-likeness (QED) is 0.643. The Balaban J connectivity index is 1.76. The number of carbonyl (C=O) groups excluding carboxylic acids is 2. The molecule has 1 fully saturated rings. The van der Waals surface area contributed by atoms with E-state index in [1.165, 1.54) is 4.90 Å².